The number of hydrogen-bond donors (Lipinski definition) is 1. The summed E-state index contributed by atoms with van der Waals surface area (Å²) in [6.07, 6.45) is 8.92. The summed E-state index contributed by atoms with van der Waals surface area (Å²) in [5.74, 6) is 1.06. The van der Waals surface area contributed by atoms with E-state index in [2.05, 4.69) is 50.7 Å². The zero-order valence-corrected chi connectivity index (χ0v) is 13.2. The van der Waals surface area contributed by atoms with Gasteiger partial charge in [0.1, 0.15) is 0 Å². The van der Waals surface area contributed by atoms with Crippen molar-refractivity contribution >= 4 is 5.95 Å². The lowest BCUT2D eigenvalue weighted by Gasteiger charge is -2.30. The maximum absolute atomic E-state index is 4.69. The minimum Gasteiger partial charge on any atom is -0.353 e. The first kappa shape index (κ1) is 14.4. The number of aromatic nitrogens is 2. The molecule has 3 nitrogen and oxygen atoms in total. The zero-order chi connectivity index (χ0) is 14.0. The second kappa shape index (κ2) is 5.56. The Morgan fingerprint density at radius 2 is 1.89 bits per heavy atom. The Bertz CT molecular complexity index is 408. The van der Waals surface area contributed by atoms with Gasteiger partial charge in [-0.1, -0.05) is 40.0 Å². The highest BCUT2D eigenvalue weighted by Gasteiger charge is 2.24. The summed E-state index contributed by atoms with van der Waals surface area (Å²) in [7, 11) is 0. The second-order valence-corrected chi connectivity index (χ2v) is 7.14. The highest BCUT2D eigenvalue weighted by Crippen LogP contribution is 2.32. The van der Waals surface area contributed by atoms with E-state index in [4.69, 9.17) is 4.98 Å². The van der Waals surface area contributed by atoms with Crippen LogP contribution < -0.4 is 5.32 Å². The highest BCUT2D eigenvalue weighted by atomic mass is 15.2. The van der Waals surface area contributed by atoms with Crippen molar-refractivity contribution in [1.82, 2.24) is 9.55 Å². The molecule has 0 spiro atoms. The summed E-state index contributed by atoms with van der Waals surface area (Å²) < 4.78 is 2.39. The quantitative estimate of drug-likeness (QED) is 0.867. The SMILES string of the molecule is Cc1cn(C2CCCCC2)c(NC(C)C(C)(C)C)n1. The molecule has 1 atom stereocenters. The van der Waals surface area contributed by atoms with Crippen molar-refractivity contribution in [2.45, 2.75) is 78.8 Å². The van der Waals surface area contributed by atoms with Crippen molar-refractivity contribution in [3.05, 3.63) is 11.9 Å². The van der Waals surface area contributed by atoms with Crippen molar-refractivity contribution in [2.24, 2.45) is 5.41 Å². The zero-order valence-electron chi connectivity index (χ0n) is 13.2. The van der Waals surface area contributed by atoms with E-state index >= 15 is 0 Å². The molecule has 1 aromatic rings. The molecule has 1 N–H and O–H groups in total. The maximum Gasteiger partial charge on any atom is 0.203 e. The Kier molecular flexibility index (Phi) is 4.22. The van der Waals surface area contributed by atoms with Gasteiger partial charge in [0.15, 0.2) is 0 Å². The summed E-state index contributed by atoms with van der Waals surface area (Å²) in [4.78, 5) is 4.69. The first-order valence-electron chi connectivity index (χ1n) is 7.70. The minimum absolute atomic E-state index is 0.247. The van der Waals surface area contributed by atoms with Gasteiger partial charge in [-0.3, -0.25) is 0 Å². The van der Waals surface area contributed by atoms with Crippen molar-refractivity contribution in [2.75, 3.05) is 5.32 Å². The van der Waals surface area contributed by atoms with E-state index in [-0.39, 0.29) is 5.41 Å². The smallest absolute Gasteiger partial charge is 0.203 e. The van der Waals surface area contributed by atoms with Crippen LogP contribution in [-0.4, -0.2) is 15.6 Å². The van der Waals surface area contributed by atoms with Crippen molar-refractivity contribution in [1.29, 1.82) is 0 Å². The molecule has 1 saturated carbocycles. The molecule has 0 amide bonds. The molecule has 1 unspecified atom stereocenters. The number of anilines is 1. The van der Waals surface area contributed by atoms with Crippen LogP contribution in [0.15, 0.2) is 6.20 Å². The fourth-order valence-electron chi connectivity index (χ4n) is 2.67. The standard InChI is InChI=1S/C16H29N3/c1-12-11-19(14-9-7-6-8-10-14)15(17-12)18-13(2)16(3,4)5/h11,13-14H,6-10H2,1-5H3,(H,17,18). The van der Waals surface area contributed by atoms with E-state index in [1.807, 2.05) is 0 Å². The highest BCUT2D eigenvalue weighted by molar-refractivity contribution is 5.31. The van der Waals surface area contributed by atoms with Crippen LogP contribution in [0.5, 0.6) is 0 Å². The summed E-state index contributed by atoms with van der Waals surface area (Å²) in [5, 5.41) is 3.62. The fraction of sp³-hybridized carbons (Fsp3) is 0.812. The van der Waals surface area contributed by atoms with Crippen molar-refractivity contribution < 1.29 is 0 Å². The van der Waals surface area contributed by atoms with Crippen LogP contribution in [0.4, 0.5) is 5.95 Å². The topological polar surface area (TPSA) is 29.9 Å². The van der Waals surface area contributed by atoms with Gasteiger partial charge in [-0.2, -0.15) is 0 Å². The Hall–Kier alpha value is -0.990. The van der Waals surface area contributed by atoms with Crippen LogP contribution in [0.25, 0.3) is 0 Å². The normalized spacial score (nSPS) is 19.4. The molecule has 0 aliphatic heterocycles. The third-order valence-electron chi connectivity index (χ3n) is 4.47. The van der Waals surface area contributed by atoms with E-state index in [9.17, 15) is 0 Å². The number of nitrogens with one attached hydrogen (secondary N) is 1. The molecule has 1 aliphatic carbocycles. The first-order chi connectivity index (χ1) is 8.88. The van der Waals surface area contributed by atoms with Gasteiger partial charge in [0.2, 0.25) is 5.95 Å². The molecule has 1 aliphatic rings. The maximum atomic E-state index is 4.69. The summed E-state index contributed by atoms with van der Waals surface area (Å²) in [5.41, 5.74) is 1.37. The van der Waals surface area contributed by atoms with Crippen molar-refractivity contribution in [3.63, 3.8) is 0 Å². The van der Waals surface area contributed by atoms with Gasteiger partial charge >= 0.3 is 0 Å². The Balaban J connectivity index is 2.16. The van der Waals surface area contributed by atoms with Gasteiger partial charge in [-0.15, -0.1) is 0 Å². The van der Waals surface area contributed by atoms with Crippen LogP contribution in [0.3, 0.4) is 0 Å². The molecule has 0 bridgehead atoms. The number of hydrogen-bond acceptors (Lipinski definition) is 2. The number of aryl methyl sites for hydroxylation is 1. The molecule has 108 valence electrons. The molecule has 19 heavy (non-hydrogen) atoms. The predicted octanol–water partition coefficient (Wildman–Crippen LogP) is 4.54. The largest absolute Gasteiger partial charge is 0.353 e. The molecule has 1 fully saturated rings. The number of nitrogens with zero attached hydrogens (tertiary/aromatic N) is 2. The summed E-state index contributed by atoms with van der Waals surface area (Å²) in [6.45, 7) is 11.1. The van der Waals surface area contributed by atoms with E-state index in [0.29, 0.717) is 12.1 Å². The lowest BCUT2D eigenvalue weighted by atomic mass is 9.88. The molecule has 2 rings (SSSR count). The van der Waals surface area contributed by atoms with Gasteiger partial charge in [-0.25, -0.2) is 4.98 Å². The summed E-state index contributed by atoms with van der Waals surface area (Å²) in [6, 6.07) is 1.06. The lowest BCUT2D eigenvalue weighted by Crippen LogP contribution is -2.32. The number of imidazole rings is 1. The molecule has 3 heteroatoms. The summed E-state index contributed by atoms with van der Waals surface area (Å²) >= 11 is 0. The Morgan fingerprint density at radius 3 is 2.47 bits per heavy atom. The van der Waals surface area contributed by atoms with E-state index in [0.717, 1.165) is 11.6 Å². The second-order valence-electron chi connectivity index (χ2n) is 7.14. The third-order valence-corrected chi connectivity index (χ3v) is 4.47. The van der Waals surface area contributed by atoms with E-state index < -0.39 is 0 Å². The monoisotopic (exact) mass is 263 g/mol. The molecule has 1 heterocycles. The van der Waals surface area contributed by atoms with E-state index in [1.54, 1.807) is 0 Å². The Labute approximate surface area is 117 Å². The van der Waals surface area contributed by atoms with Gasteiger partial charge < -0.3 is 9.88 Å². The van der Waals surface area contributed by atoms with E-state index in [1.165, 1.54) is 32.1 Å². The average Bonchev–Trinajstić information content (AvgIpc) is 2.70. The molecule has 1 aromatic heterocycles. The molecular weight excluding hydrogens is 234 g/mol. The molecular formula is C16H29N3. The van der Waals surface area contributed by atoms with Crippen molar-refractivity contribution in [3.8, 4) is 0 Å². The van der Waals surface area contributed by atoms with Gasteiger partial charge in [0.25, 0.3) is 0 Å². The van der Waals surface area contributed by atoms with Crippen LogP contribution in [0, 0.1) is 12.3 Å². The van der Waals surface area contributed by atoms with Crippen LogP contribution >= 0.6 is 0 Å². The molecule has 0 aromatic carbocycles. The van der Waals surface area contributed by atoms with Gasteiger partial charge in [0.05, 0.1) is 5.69 Å². The van der Waals surface area contributed by atoms with Crippen LogP contribution in [-0.2, 0) is 0 Å². The average molecular weight is 263 g/mol. The van der Waals surface area contributed by atoms with Gasteiger partial charge in [0, 0.05) is 18.3 Å². The van der Waals surface area contributed by atoms with Crippen LogP contribution in [0.1, 0.15) is 71.5 Å². The number of rotatable bonds is 3. The van der Waals surface area contributed by atoms with Gasteiger partial charge in [-0.05, 0) is 32.1 Å². The third kappa shape index (κ3) is 3.52. The molecule has 0 radical (unpaired) electrons. The molecule has 0 saturated heterocycles. The lowest BCUT2D eigenvalue weighted by molar-refractivity contribution is 0.341. The minimum atomic E-state index is 0.247. The Morgan fingerprint density at radius 1 is 1.26 bits per heavy atom. The van der Waals surface area contributed by atoms with Crippen LogP contribution in [0.2, 0.25) is 0 Å². The fourth-order valence-corrected chi connectivity index (χ4v) is 2.67. The first-order valence-corrected chi connectivity index (χ1v) is 7.70. The predicted molar refractivity (Wildman–Crippen MR) is 81.6 cm³/mol.